The number of piperazine rings is 1. The minimum Gasteiger partial charge on any atom is -0.495 e. The Bertz CT molecular complexity index is 1030. The SMILES string of the molecule is COc1ccccc1N1CCN([C@@H]2[C@H](O)[C@H](CO)O[C@@H]2CNC(=O)c2ccc(C(F)(F)F)cc2)CC1. The molecule has 0 aromatic heterocycles. The summed E-state index contributed by atoms with van der Waals surface area (Å²) in [5.41, 5.74) is 0.234. The molecule has 8 nitrogen and oxygen atoms in total. The molecule has 0 bridgehead atoms. The molecule has 2 fully saturated rings. The Hall–Kier alpha value is -2.86. The fourth-order valence-corrected chi connectivity index (χ4v) is 4.85. The smallest absolute Gasteiger partial charge is 0.416 e. The highest BCUT2D eigenvalue weighted by atomic mass is 19.4. The summed E-state index contributed by atoms with van der Waals surface area (Å²) in [4.78, 5) is 16.8. The summed E-state index contributed by atoms with van der Waals surface area (Å²) in [6.07, 6.45) is -6.84. The standard InChI is InChI=1S/C25H30F3N3O5/c1-35-19-5-3-2-4-18(19)30-10-12-31(13-11-30)22-20(36-21(15-32)23(22)33)14-29-24(34)16-6-8-17(9-7-16)25(26,27)28/h2-9,20-23,32-33H,10-15H2,1H3,(H,29,34)/t20-,21+,22+,23-/m1/s1. The zero-order valence-corrected chi connectivity index (χ0v) is 19.8. The summed E-state index contributed by atoms with van der Waals surface area (Å²) >= 11 is 0. The van der Waals surface area contributed by atoms with Crippen molar-refractivity contribution in [3.8, 4) is 5.75 Å². The van der Waals surface area contributed by atoms with Gasteiger partial charge in [0.1, 0.15) is 18.0 Å². The van der Waals surface area contributed by atoms with Gasteiger partial charge in [-0.1, -0.05) is 12.1 Å². The molecule has 2 saturated heterocycles. The molecule has 2 aliphatic rings. The molecule has 4 rings (SSSR count). The third-order valence-electron chi connectivity index (χ3n) is 6.74. The van der Waals surface area contributed by atoms with Crippen LogP contribution in [0.4, 0.5) is 18.9 Å². The van der Waals surface area contributed by atoms with E-state index in [4.69, 9.17) is 9.47 Å². The number of carbonyl (C=O) groups is 1. The molecule has 0 radical (unpaired) electrons. The third kappa shape index (κ3) is 5.59. The van der Waals surface area contributed by atoms with Gasteiger partial charge in [0, 0.05) is 38.3 Å². The molecule has 2 aromatic rings. The van der Waals surface area contributed by atoms with Crippen LogP contribution in [-0.4, -0.2) is 91.8 Å². The molecule has 1 amide bonds. The first-order valence-corrected chi connectivity index (χ1v) is 11.7. The minimum absolute atomic E-state index is 0.0325. The number of carbonyl (C=O) groups excluding carboxylic acids is 1. The van der Waals surface area contributed by atoms with Crippen molar-refractivity contribution in [3.05, 3.63) is 59.7 Å². The summed E-state index contributed by atoms with van der Waals surface area (Å²) in [5.74, 6) is 0.230. The second-order valence-corrected chi connectivity index (χ2v) is 8.86. The minimum atomic E-state index is -4.48. The van der Waals surface area contributed by atoms with Gasteiger partial charge in [0.25, 0.3) is 5.91 Å². The first-order chi connectivity index (χ1) is 17.2. The number of methoxy groups -OCH3 is 1. The van der Waals surface area contributed by atoms with Crippen LogP contribution in [-0.2, 0) is 10.9 Å². The number of para-hydroxylation sites is 2. The van der Waals surface area contributed by atoms with Crippen molar-refractivity contribution in [2.75, 3.05) is 51.3 Å². The third-order valence-corrected chi connectivity index (χ3v) is 6.74. The molecule has 0 unspecified atom stereocenters. The summed E-state index contributed by atoms with van der Waals surface area (Å²) in [5, 5.41) is 23.2. The van der Waals surface area contributed by atoms with Crippen LogP contribution in [0.25, 0.3) is 0 Å². The Labute approximate surface area is 207 Å². The highest BCUT2D eigenvalue weighted by Gasteiger charge is 2.47. The van der Waals surface area contributed by atoms with E-state index >= 15 is 0 Å². The molecule has 36 heavy (non-hydrogen) atoms. The monoisotopic (exact) mass is 509 g/mol. The van der Waals surface area contributed by atoms with Gasteiger partial charge < -0.3 is 29.9 Å². The van der Waals surface area contributed by atoms with Crippen LogP contribution in [0, 0.1) is 0 Å². The van der Waals surface area contributed by atoms with Gasteiger partial charge >= 0.3 is 6.18 Å². The van der Waals surface area contributed by atoms with Gasteiger partial charge in [0.15, 0.2) is 0 Å². The Morgan fingerprint density at radius 1 is 1.08 bits per heavy atom. The van der Waals surface area contributed by atoms with Crippen LogP contribution in [0.1, 0.15) is 15.9 Å². The summed E-state index contributed by atoms with van der Waals surface area (Å²) in [7, 11) is 1.62. The number of nitrogens with zero attached hydrogens (tertiary/aromatic N) is 2. The maximum Gasteiger partial charge on any atom is 0.416 e. The van der Waals surface area contributed by atoms with Crippen LogP contribution < -0.4 is 15.0 Å². The number of hydrogen-bond acceptors (Lipinski definition) is 7. The lowest BCUT2D eigenvalue weighted by Gasteiger charge is -2.41. The largest absolute Gasteiger partial charge is 0.495 e. The van der Waals surface area contributed by atoms with Gasteiger partial charge in [-0.05, 0) is 36.4 Å². The second-order valence-electron chi connectivity index (χ2n) is 8.86. The van der Waals surface area contributed by atoms with Gasteiger partial charge in [0.2, 0.25) is 0 Å². The molecule has 0 spiro atoms. The second kappa shape index (κ2) is 11.0. The van der Waals surface area contributed by atoms with Gasteiger partial charge in [0.05, 0.1) is 37.1 Å². The lowest BCUT2D eigenvalue weighted by Crippen LogP contribution is -2.57. The molecule has 2 aliphatic heterocycles. The number of aliphatic hydroxyl groups is 2. The predicted molar refractivity (Wildman–Crippen MR) is 126 cm³/mol. The quantitative estimate of drug-likeness (QED) is 0.524. The van der Waals surface area contributed by atoms with E-state index in [1.165, 1.54) is 0 Å². The van der Waals surface area contributed by atoms with E-state index in [-0.39, 0.29) is 18.7 Å². The van der Waals surface area contributed by atoms with Crippen LogP contribution in [0.5, 0.6) is 5.75 Å². The molecule has 3 N–H and O–H groups in total. The average molecular weight is 510 g/mol. The number of hydrogen-bond donors (Lipinski definition) is 3. The van der Waals surface area contributed by atoms with E-state index < -0.39 is 42.0 Å². The zero-order valence-electron chi connectivity index (χ0n) is 19.8. The van der Waals surface area contributed by atoms with E-state index in [0.29, 0.717) is 26.2 Å². The predicted octanol–water partition coefficient (Wildman–Crippen LogP) is 1.76. The lowest BCUT2D eigenvalue weighted by atomic mass is 10.0. The van der Waals surface area contributed by atoms with Crippen LogP contribution in [0.3, 0.4) is 0 Å². The Morgan fingerprint density at radius 2 is 1.75 bits per heavy atom. The summed E-state index contributed by atoms with van der Waals surface area (Å²) in [6, 6.07) is 11.2. The van der Waals surface area contributed by atoms with Crippen molar-refractivity contribution >= 4 is 11.6 Å². The molecule has 2 aromatic carbocycles. The number of anilines is 1. The van der Waals surface area contributed by atoms with E-state index in [1.54, 1.807) is 7.11 Å². The average Bonchev–Trinajstić information content (AvgIpc) is 3.21. The van der Waals surface area contributed by atoms with Crippen molar-refractivity contribution in [1.29, 1.82) is 0 Å². The van der Waals surface area contributed by atoms with Crippen LogP contribution in [0.15, 0.2) is 48.5 Å². The first kappa shape index (κ1) is 26.2. The van der Waals surface area contributed by atoms with Gasteiger partial charge in [-0.2, -0.15) is 13.2 Å². The molecular formula is C25H30F3N3O5. The first-order valence-electron chi connectivity index (χ1n) is 11.7. The molecule has 0 aliphatic carbocycles. The topological polar surface area (TPSA) is 94.5 Å². The number of nitrogens with one attached hydrogen (secondary N) is 1. The molecule has 2 heterocycles. The maximum atomic E-state index is 12.8. The zero-order chi connectivity index (χ0) is 25.9. The van der Waals surface area contributed by atoms with Crippen molar-refractivity contribution < 1.29 is 37.7 Å². The maximum absolute atomic E-state index is 12.8. The molecule has 0 saturated carbocycles. The van der Waals surface area contributed by atoms with Crippen molar-refractivity contribution in [2.45, 2.75) is 30.5 Å². The van der Waals surface area contributed by atoms with Crippen molar-refractivity contribution in [3.63, 3.8) is 0 Å². The Kier molecular flexibility index (Phi) is 8.04. The molecule has 4 atom stereocenters. The molecule has 11 heteroatoms. The van der Waals surface area contributed by atoms with Gasteiger partial charge in [-0.15, -0.1) is 0 Å². The number of halogens is 3. The number of alkyl halides is 3. The lowest BCUT2D eigenvalue weighted by molar-refractivity contribution is -0.137. The fraction of sp³-hybridized carbons (Fsp3) is 0.480. The van der Waals surface area contributed by atoms with Crippen molar-refractivity contribution in [2.24, 2.45) is 0 Å². The van der Waals surface area contributed by atoms with E-state index in [1.807, 2.05) is 24.3 Å². The number of ether oxygens (including phenoxy) is 2. The number of aliphatic hydroxyl groups excluding tert-OH is 2. The molecular weight excluding hydrogens is 479 g/mol. The Morgan fingerprint density at radius 3 is 2.36 bits per heavy atom. The molecule has 196 valence electrons. The summed E-state index contributed by atoms with van der Waals surface area (Å²) < 4.78 is 49.7. The highest BCUT2D eigenvalue weighted by molar-refractivity contribution is 5.94. The Balaban J connectivity index is 1.39. The number of amides is 1. The van der Waals surface area contributed by atoms with E-state index in [0.717, 1.165) is 35.7 Å². The van der Waals surface area contributed by atoms with Crippen molar-refractivity contribution in [1.82, 2.24) is 10.2 Å². The number of benzene rings is 2. The summed E-state index contributed by atoms with van der Waals surface area (Å²) in [6.45, 7) is 2.25. The fourth-order valence-electron chi connectivity index (χ4n) is 4.85. The van der Waals surface area contributed by atoms with E-state index in [9.17, 15) is 28.2 Å². The highest BCUT2D eigenvalue weighted by Crippen LogP contribution is 2.31. The van der Waals surface area contributed by atoms with Gasteiger partial charge in [-0.3, -0.25) is 9.69 Å². The van der Waals surface area contributed by atoms with Crippen LogP contribution >= 0.6 is 0 Å². The number of rotatable bonds is 7. The van der Waals surface area contributed by atoms with Crippen LogP contribution in [0.2, 0.25) is 0 Å². The van der Waals surface area contributed by atoms with E-state index in [2.05, 4.69) is 15.1 Å². The normalized spacial score (nSPS) is 25.1. The van der Waals surface area contributed by atoms with Gasteiger partial charge in [-0.25, -0.2) is 0 Å².